The van der Waals surface area contributed by atoms with Gasteiger partial charge in [0.15, 0.2) is 0 Å². The average Bonchev–Trinajstić information content (AvgIpc) is 3.13. The molecule has 3 N–H and O–H groups in total. The fourth-order valence-electron chi connectivity index (χ4n) is 3.26. The number of benzene rings is 2. The van der Waals surface area contributed by atoms with Gasteiger partial charge in [-0.2, -0.15) is 0 Å². The van der Waals surface area contributed by atoms with Crippen molar-refractivity contribution in [1.82, 2.24) is 9.55 Å². The number of phenols is 1. The van der Waals surface area contributed by atoms with Gasteiger partial charge in [0.1, 0.15) is 16.6 Å². The van der Waals surface area contributed by atoms with Crippen LogP contribution in [0.2, 0.25) is 0 Å². The average molecular weight is 449 g/mol. The van der Waals surface area contributed by atoms with Crippen molar-refractivity contribution in [2.24, 2.45) is 0 Å². The quantitative estimate of drug-likeness (QED) is 0.401. The second-order valence-corrected chi connectivity index (χ2v) is 8.22. The Morgan fingerprint density at radius 3 is 2.38 bits per heavy atom. The predicted octanol–water partition coefficient (Wildman–Crippen LogP) is 3.92. The molecule has 0 fully saturated rings. The maximum Gasteiger partial charge on any atom is 0.266 e. The summed E-state index contributed by atoms with van der Waals surface area (Å²) < 4.78 is 1.25. The molecule has 4 rings (SSSR count). The number of nitrogens with one attached hydrogen (secondary N) is 2. The lowest BCUT2D eigenvalue weighted by molar-refractivity contribution is -0.118. The molecule has 0 spiro atoms. The fraction of sp³-hybridized carbons (Fsp3) is 0.130. The van der Waals surface area contributed by atoms with Gasteiger partial charge in [-0.15, -0.1) is 11.3 Å². The fourth-order valence-corrected chi connectivity index (χ4v) is 4.29. The largest absolute Gasteiger partial charge is 0.508 e. The first kappa shape index (κ1) is 21.3. The van der Waals surface area contributed by atoms with E-state index in [4.69, 9.17) is 0 Å². The van der Waals surface area contributed by atoms with Crippen LogP contribution in [0.1, 0.15) is 28.2 Å². The van der Waals surface area contributed by atoms with Crippen LogP contribution < -0.4 is 16.2 Å². The van der Waals surface area contributed by atoms with Crippen LogP contribution in [-0.4, -0.2) is 26.5 Å². The van der Waals surface area contributed by atoms with Crippen molar-refractivity contribution >= 4 is 44.7 Å². The van der Waals surface area contributed by atoms with E-state index in [1.165, 1.54) is 23.0 Å². The Balaban J connectivity index is 1.62. The lowest BCUT2D eigenvalue weighted by Gasteiger charge is -2.15. The van der Waals surface area contributed by atoms with Gasteiger partial charge in [0.05, 0.1) is 16.6 Å². The number of aromatic hydroxyl groups is 1. The number of carbonyl (C=O) groups excluding carboxylic acids is 2. The molecule has 2 aromatic carbocycles. The zero-order valence-corrected chi connectivity index (χ0v) is 18.1. The number of phenolic OH excluding ortho intramolecular Hbond substituents is 1. The molecule has 0 bridgehead atoms. The summed E-state index contributed by atoms with van der Waals surface area (Å²) in [5.41, 5.74) is 1.28. The number of para-hydroxylation sites is 1. The molecule has 0 aliphatic rings. The van der Waals surface area contributed by atoms with Gasteiger partial charge in [0.25, 0.3) is 11.5 Å². The summed E-state index contributed by atoms with van der Waals surface area (Å²) in [7, 11) is 0. The molecule has 1 atom stereocenters. The molecular formula is C23H20N4O4S. The van der Waals surface area contributed by atoms with Crippen LogP contribution in [-0.2, 0) is 4.79 Å². The smallest absolute Gasteiger partial charge is 0.266 e. The zero-order valence-electron chi connectivity index (χ0n) is 17.3. The number of amides is 2. The van der Waals surface area contributed by atoms with E-state index >= 15 is 0 Å². The Morgan fingerprint density at radius 1 is 1.03 bits per heavy atom. The van der Waals surface area contributed by atoms with Crippen molar-refractivity contribution in [2.75, 3.05) is 10.6 Å². The third kappa shape index (κ3) is 4.10. The molecule has 32 heavy (non-hydrogen) atoms. The van der Waals surface area contributed by atoms with Crippen LogP contribution in [0.3, 0.4) is 0 Å². The van der Waals surface area contributed by atoms with Gasteiger partial charge in [-0.1, -0.05) is 18.2 Å². The molecule has 0 aliphatic heterocycles. The lowest BCUT2D eigenvalue weighted by atomic mass is 10.2. The maximum atomic E-state index is 13.2. The van der Waals surface area contributed by atoms with Crippen LogP contribution in [0.25, 0.3) is 10.2 Å². The third-order valence-corrected chi connectivity index (χ3v) is 6.24. The van der Waals surface area contributed by atoms with Crippen LogP contribution in [0.5, 0.6) is 5.75 Å². The van der Waals surface area contributed by atoms with Crippen molar-refractivity contribution in [1.29, 1.82) is 0 Å². The number of rotatable bonds is 5. The summed E-state index contributed by atoms with van der Waals surface area (Å²) in [6.07, 6.45) is 1.32. The Morgan fingerprint density at radius 2 is 1.69 bits per heavy atom. The number of hydrogen-bond acceptors (Lipinski definition) is 6. The third-order valence-electron chi connectivity index (χ3n) is 5.05. The first-order valence-electron chi connectivity index (χ1n) is 9.81. The van der Waals surface area contributed by atoms with E-state index in [0.29, 0.717) is 32.0 Å². The minimum Gasteiger partial charge on any atom is -0.508 e. The lowest BCUT2D eigenvalue weighted by Crippen LogP contribution is -2.31. The summed E-state index contributed by atoms with van der Waals surface area (Å²) in [6.45, 7) is 3.29. The van der Waals surface area contributed by atoms with Crippen molar-refractivity contribution < 1.29 is 14.7 Å². The SMILES string of the molecule is Cc1c(C(=O)Nc2ccccc2)sc2ncn(C(C)C(=O)Nc3ccc(O)cc3)c(=O)c12. The first-order valence-corrected chi connectivity index (χ1v) is 10.6. The highest BCUT2D eigenvalue weighted by molar-refractivity contribution is 7.20. The van der Waals surface area contributed by atoms with Gasteiger partial charge in [0.2, 0.25) is 5.91 Å². The number of hydrogen-bond donors (Lipinski definition) is 3. The van der Waals surface area contributed by atoms with E-state index < -0.39 is 17.5 Å². The van der Waals surface area contributed by atoms with Gasteiger partial charge in [-0.05, 0) is 55.8 Å². The van der Waals surface area contributed by atoms with Crippen molar-refractivity contribution in [3.05, 3.63) is 81.7 Å². The molecule has 0 radical (unpaired) electrons. The van der Waals surface area contributed by atoms with Crippen molar-refractivity contribution in [3.63, 3.8) is 0 Å². The topological polar surface area (TPSA) is 113 Å². The number of aromatic nitrogens is 2. The highest BCUT2D eigenvalue weighted by atomic mass is 32.1. The highest BCUT2D eigenvalue weighted by Crippen LogP contribution is 2.28. The monoisotopic (exact) mass is 448 g/mol. The first-order chi connectivity index (χ1) is 15.3. The van der Waals surface area contributed by atoms with Gasteiger partial charge >= 0.3 is 0 Å². The molecule has 1 unspecified atom stereocenters. The minimum absolute atomic E-state index is 0.0851. The van der Waals surface area contributed by atoms with E-state index in [1.54, 1.807) is 38.1 Å². The molecule has 8 nitrogen and oxygen atoms in total. The summed E-state index contributed by atoms with van der Waals surface area (Å²) in [5, 5.41) is 15.2. The van der Waals surface area contributed by atoms with Crippen LogP contribution in [0.15, 0.2) is 65.7 Å². The number of aryl methyl sites for hydroxylation is 1. The van der Waals surface area contributed by atoms with E-state index in [-0.39, 0.29) is 11.7 Å². The van der Waals surface area contributed by atoms with E-state index in [2.05, 4.69) is 15.6 Å². The maximum absolute atomic E-state index is 13.2. The van der Waals surface area contributed by atoms with Gasteiger partial charge in [-0.3, -0.25) is 19.0 Å². The second-order valence-electron chi connectivity index (χ2n) is 7.23. The van der Waals surface area contributed by atoms with Gasteiger partial charge in [0, 0.05) is 11.4 Å². The summed E-state index contributed by atoms with van der Waals surface area (Å²) in [6, 6.07) is 14.2. The van der Waals surface area contributed by atoms with Crippen LogP contribution >= 0.6 is 11.3 Å². The molecule has 0 aliphatic carbocycles. The van der Waals surface area contributed by atoms with Crippen molar-refractivity contribution in [3.8, 4) is 5.75 Å². The van der Waals surface area contributed by atoms with Crippen LogP contribution in [0.4, 0.5) is 11.4 Å². The highest BCUT2D eigenvalue weighted by Gasteiger charge is 2.23. The number of nitrogens with zero attached hydrogens (tertiary/aromatic N) is 2. The second kappa shape index (κ2) is 8.64. The molecule has 162 valence electrons. The van der Waals surface area contributed by atoms with Gasteiger partial charge < -0.3 is 15.7 Å². The minimum atomic E-state index is -0.839. The standard InChI is InChI=1S/C23H20N4O4S/c1-13-18-22(32-19(13)21(30)26-15-6-4-3-5-7-15)24-12-27(23(18)31)14(2)20(29)25-16-8-10-17(28)11-9-16/h3-12,14,28H,1-2H3,(H,25,29)(H,26,30). The molecule has 4 aromatic rings. The Hall–Kier alpha value is -3.98. The van der Waals surface area contributed by atoms with E-state index in [1.807, 2.05) is 18.2 Å². The number of anilines is 2. The normalized spacial score (nSPS) is 11.8. The van der Waals surface area contributed by atoms with Crippen LogP contribution in [0, 0.1) is 6.92 Å². The zero-order chi connectivity index (χ0) is 22.8. The summed E-state index contributed by atoms with van der Waals surface area (Å²) in [5.74, 6) is -0.642. The number of carbonyl (C=O) groups is 2. The summed E-state index contributed by atoms with van der Waals surface area (Å²) in [4.78, 5) is 43.7. The van der Waals surface area contributed by atoms with E-state index in [0.717, 1.165) is 11.3 Å². The molecular weight excluding hydrogens is 428 g/mol. The Labute approximate surface area is 187 Å². The number of fused-ring (bicyclic) bond motifs is 1. The van der Waals surface area contributed by atoms with Gasteiger partial charge in [-0.25, -0.2) is 4.98 Å². The molecule has 2 amide bonds. The summed E-state index contributed by atoms with van der Waals surface area (Å²) >= 11 is 1.14. The molecule has 2 aromatic heterocycles. The predicted molar refractivity (Wildman–Crippen MR) is 124 cm³/mol. The van der Waals surface area contributed by atoms with Crippen molar-refractivity contribution in [2.45, 2.75) is 19.9 Å². The molecule has 0 saturated carbocycles. The molecule has 9 heteroatoms. The molecule has 2 heterocycles. The number of thiophene rings is 1. The molecule has 0 saturated heterocycles. The van der Waals surface area contributed by atoms with E-state index in [9.17, 15) is 19.5 Å². The Kier molecular flexibility index (Phi) is 5.74. The Bertz CT molecular complexity index is 1360.